The van der Waals surface area contributed by atoms with Crippen molar-refractivity contribution in [2.45, 2.75) is 39.3 Å². The van der Waals surface area contributed by atoms with Crippen molar-refractivity contribution in [1.82, 2.24) is 15.1 Å². The smallest absolute Gasteiger partial charge is 0.216 e. The molecule has 1 atom stereocenters. The number of hydrogen-bond acceptors (Lipinski definition) is 4. The van der Waals surface area contributed by atoms with Gasteiger partial charge in [-0.05, 0) is 20.3 Å². The molecule has 1 heterocycles. The molecule has 0 aliphatic heterocycles. The Balaban J connectivity index is 2.82. The summed E-state index contributed by atoms with van der Waals surface area (Å²) in [5.41, 5.74) is 1.74. The summed E-state index contributed by atoms with van der Waals surface area (Å²) in [6.07, 6.45) is 0.866. The van der Waals surface area contributed by atoms with E-state index in [1.54, 1.807) is 11.8 Å². The van der Waals surface area contributed by atoms with Gasteiger partial charge in [0.2, 0.25) is 5.88 Å². The van der Waals surface area contributed by atoms with E-state index in [1.807, 2.05) is 20.9 Å². The second-order valence-electron chi connectivity index (χ2n) is 4.62. The van der Waals surface area contributed by atoms with Crippen molar-refractivity contribution < 1.29 is 9.84 Å². The van der Waals surface area contributed by atoms with Crippen LogP contribution in [-0.4, -0.2) is 34.1 Å². The molecule has 1 aromatic rings. The van der Waals surface area contributed by atoms with Gasteiger partial charge in [0.05, 0.1) is 25.0 Å². The lowest BCUT2D eigenvalue weighted by Gasteiger charge is -2.27. The Kier molecular flexibility index (Phi) is 4.54. The van der Waals surface area contributed by atoms with E-state index in [-0.39, 0.29) is 12.1 Å². The van der Waals surface area contributed by atoms with Crippen LogP contribution in [0.15, 0.2) is 0 Å². The minimum atomic E-state index is -0.257. The molecule has 0 aliphatic rings. The van der Waals surface area contributed by atoms with E-state index in [1.165, 1.54) is 0 Å². The zero-order valence-corrected chi connectivity index (χ0v) is 11.4. The summed E-state index contributed by atoms with van der Waals surface area (Å²) in [5, 5.41) is 17.0. The summed E-state index contributed by atoms with van der Waals surface area (Å²) >= 11 is 0. The first-order valence-corrected chi connectivity index (χ1v) is 5.89. The first kappa shape index (κ1) is 14.0. The van der Waals surface area contributed by atoms with Crippen LogP contribution in [0.5, 0.6) is 5.88 Å². The maximum atomic E-state index is 9.35. The van der Waals surface area contributed by atoms with Gasteiger partial charge in [-0.2, -0.15) is 5.10 Å². The second-order valence-corrected chi connectivity index (χ2v) is 4.62. The van der Waals surface area contributed by atoms with Gasteiger partial charge in [0, 0.05) is 19.1 Å². The molecule has 17 heavy (non-hydrogen) atoms. The molecular weight excluding hydrogens is 218 g/mol. The van der Waals surface area contributed by atoms with Gasteiger partial charge >= 0.3 is 0 Å². The molecule has 0 saturated carbocycles. The monoisotopic (exact) mass is 241 g/mol. The van der Waals surface area contributed by atoms with Crippen LogP contribution in [-0.2, 0) is 13.6 Å². The third kappa shape index (κ3) is 2.98. The zero-order chi connectivity index (χ0) is 13.1. The van der Waals surface area contributed by atoms with Crippen LogP contribution >= 0.6 is 0 Å². The highest BCUT2D eigenvalue weighted by atomic mass is 16.5. The average molecular weight is 241 g/mol. The third-order valence-electron chi connectivity index (χ3n) is 3.30. The van der Waals surface area contributed by atoms with E-state index in [0.717, 1.165) is 23.6 Å². The molecule has 0 aliphatic carbocycles. The third-order valence-corrected chi connectivity index (χ3v) is 3.30. The number of ether oxygens (including phenoxy) is 1. The van der Waals surface area contributed by atoms with Gasteiger partial charge in [0.15, 0.2) is 0 Å². The highest BCUT2D eigenvalue weighted by Crippen LogP contribution is 2.21. The molecular formula is C12H23N3O2. The largest absolute Gasteiger partial charge is 0.481 e. The van der Waals surface area contributed by atoms with Crippen molar-refractivity contribution in [3.05, 3.63) is 11.3 Å². The van der Waals surface area contributed by atoms with Crippen LogP contribution in [0.3, 0.4) is 0 Å². The highest BCUT2D eigenvalue weighted by molar-refractivity contribution is 5.30. The van der Waals surface area contributed by atoms with Crippen LogP contribution in [0.25, 0.3) is 0 Å². The summed E-state index contributed by atoms with van der Waals surface area (Å²) in [7, 11) is 3.51. The molecule has 0 fully saturated rings. The quantitative estimate of drug-likeness (QED) is 0.779. The van der Waals surface area contributed by atoms with Crippen molar-refractivity contribution in [3.63, 3.8) is 0 Å². The summed E-state index contributed by atoms with van der Waals surface area (Å²) in [6.45, 7) is 6.78. The molecule has 0 spiro atoms. The van der Waals surface area contributed by atoms with Crippen LogP contribution in [0, 0.1) is 6.92 Å². The first-order valence-electron chi connectivity index (χ1n) is 5.89. The van der Waals surface area contributed by atoms with E-state index >= 15 is 0 Å². The number of aryl methyl sites for hydroxylation is 2. The van der Waals surface area contributed by atoms with E-state index in [2.05, 4.69) is 17.3 Å². The van der Waals surface area contributed by atoms with Crippen molar-refractivity contribution >= 4 is 0 Å². The van der Waals surface area contributed by atoms with Crippen molar-refractivity contribution in [1.29, 1.82) is 0 Å². The molecule has 5 heteroatoms. The standard InChI is InChI=1S/C12H23N3O2/c1-6-12(3,8-16)13-7-10-9(2)14-15(4)11(10)17-5/h13,16H,6-8H2,1-5H3. The van der Waals surface area contributed by atoms with Gasteiger partial charge in [0.1, 0.15) is 0 Å². The maximum Gasteiger partial charge on any atom is 0.216 e. The maximum absolute atomic E-state index is 9.35. The van der Waals surface area contributed by atoms with Gasteiger partial charge in [0.25, 0.3) is 0 Å². The Bertz CT molecular complexity index is 370. The van der Waals surface area contributed by atoms with Gasteiger partial charge in [-0.15, -0.1) is 0 Å². The second kappa shape index (κ2) is 5.51. The molecule has 0 radical (unpaired) electrons. The van der Waals surface area contributed by atoms with E-state index in [0.29, 0.717) is 6.54 Å². The number of aliphatic hydroxyl groups excluding tert-OH is 1. The predicted molar refractivity (Wildman–Crippen MR) is 67.1 cm³/mol. The molecule has 2 N–H and O–H groups in total. The lowest BCUT2D eigenvalue weighted by Crippen LogP contribution is -2.44. The Hall–Kier alpha value is -1.07. The van der Waals surface area contributed by atoms with Crippen molar-refractivity contribution in [2.75, 3.05) is 13.7 Å². The number of aliphatic hydroxyl groups is 1. The van der Waals surface area contributed by atoms with Crippen molar-refractivity contribution in [2.24, 2.45) is 7.05 Å². The van der Waals surface area contributed by atoms with Crippen LogP contribution in [0.1, 0.15) is 31.5 Å². The summed E-state index contributed by atoms with van der Waals surface area (Å²) < 4.78 is 7.06. The topological polar surface area (TPSA) is 59.3 Å². The molecule has 1 unspecified atom stereocenters. The number of methoxy groups -OCH3 is 1. The number of rotatable bonds is 6. The first-order chi connectivity index (χ1) is 7.97. The van der Waals surface area contributed by atoms with Gasteiger partial charge < -0.3 is 15.2 Å². The molecule has 0 aromatic carbocycles. The van der Waals surface area contributed by atoms with Gasteiger partial charge in [-0.25, -0.2) is 4.68 Å². The van der Waals surface area contributed by atoms with Crippen LogP contribution in [0.2, 0.25) is 0 Å². The van der Waals surface area contributed by atoms with E-state index in [4.69, 9.17) is 4.74 Å². The van der Waals surface area contributed by atoms with E-state index < -0.39 is 0 Å². The predicted octanol–water partition coefficient (Wildman–Crippen LogP) is 0.988. The molecule has 5 nitrogen and oxygen atoms in total. The van der Waals surface area contributed by atoms with Gasteiger partial charge in [-0.3, -0.25) is 0 Å². The fourth-order valence-corrected chi connectivity index (χ4v) is 1.73. The lowest BCUT2D eigenvalue weighted by atomic mass is 10.00. The van der Waals surface area contributed by atoms with Crippen LogP contribution < -0.4 is 10.1 Å². The molecule has 0 amide bonds. The number of nitrogens with zero attached hydrogens (tertiary/aromatic N) is 2. The molecule has 0 saturated heterocycles. The highest BCUT2D eigenvalue weighted by Gasteiger charge is 2.22. The normalized spacial score (nSPS) is 14.7. The number of aromatic nitrogens is 2. The summed E-state index contributed by atoms with van der Waals surface area (Å²) in [5.74, 6) is 0.770. The summed E-state index contributed by atoms with van der Waals surface area (Å²) in [6, 6.07) is 0. The number of hydrogen-bond donors (Lipinski definition) is 2. The minimum absolute atomic E-state index is 0.116. The zero-order valence-electron chi connectivity index (χ0n) is 11.4. The van der Waals surface area contributed by atoms with Crippen LogP contribution in [0.4, 0.5) is 0 Å². The van der Waals surface area contributed by atoms with Gasteiger partial charge in [-0.1, -0.05) is 6.92 Å². The fraction of sp³-hybridized carbons (Fsp3) is 0.750. The molecule has 1 rings (SSSR count). The number of nitrogens with one attached hydrogen (secondary N) is 1. The SMILES string of the molecule is CCC(C)(CO)NCc1c(C)nn(C)c1OC. The lowest BCUT2D eigenvalue weighted by molar-refractivity contribution is 0.168. The Morgan fingerprint density at radius 2 is 2.18 bits per heavy atom. The fourth-order valence-electron chi connectivity index (χ4n) is 1.73. The molecule has 98 valence electrons. The van der Waals surface area contributed by atoms with Crippen molar-refractivity contribution in [3.8, 4) is 5.88 Å². The molecule has 1 aromatic heterocycles. The minimum Gasteiger partial charge on any atom is -0.481 e. The Morgan fingerprint density at radius 3 is 2.65 bits per heavy atom. The Labute approximate surface area is 103 Å². The molecule has 0 bridgehead atoms. The average Bonchev–Trinajstić information content (AvgIpc) is 2.60. The summed E-state index contributed by atoms with van der Waals surface area (Å²) in [4.78, 5) is 0. The van der Waals surface area contributed by atoms with E-state index in [9.17, 15) is 5.11 Å². The Morgan fingerprint density at radius 1 is 1.53 bits per heavy atom.